The van der Waals surface area contributed by atoms with E-state index >= 15 is 0 Å². The lowest BCUT2D eigenvalue weighted by molar-refractivity contribution is 0.0526. The van der Waals surface area contributed by atoms with Gasteiger partial charge in [-0.2, -0.15) is 0 Å². The fourth-order valence-electron chi connectivity index (χ4n) is 3.34. The van der Waals surface area contributed by atoms with Crippen molar-refractivity contribution < 1.29 is 9.53 Å². The number of anilines is 1. The maximum Gasteiger partial charge on any atom is 0.342 e. The predicted octanol–water partition coefficient (Wildman–Crippen LogP) is 6.00. The molecule has 3 rings (SSSR count). The minimum absolute atomic E-state index is 0.313. The van der Waals surface area contributed by atoms with Gasteiger partial charge < -0.3 is 14.2 Å². The van der Waals surface area contributed by atoms with Crippen molar-refractivity contribution in [3.05, 3.63) is 69.8 Å². The summed E-state index contributed by atoms with van der Waals surface area (Å²) in [6.45, 7) is 4.04. The molecule has 3 aromatic rings. The minimum atomic E-state index is -0.341. The lowest BCUT2D eigenvalue weighted by Crippen LogP contribution is -2.15. The number of halogens is 2. The van der Waals surface area contributed by atoms with E-state index in [1.807, 2.05) is 74.4 Å². The molecule has 0 unspecified atom stereocenters. The minimum Gasteiger partial charge on any atom is -0.462 e. The molecule has 4 nitrogen and oxygen atoms in total. The monoisotopic (exact) mass is 416 g/mol. The normalized spacial score (nSPS) is 10.8. The largest absolute Gasteiger partial charge is 0.462 e. The van der Waals surface area contributed by atoms with Gasteiger partial charge in [0.1, 0.15) is 5.56 Å². The van der Waals surface area contributed by atoms with Gasteiger partial charge in [0.25, 0.3) is 0 Å². The van der Waals surface area contributed by atoms with Gasteiger partial charge in [0, 0.05) is 41.1 Å². The first kappa shape index (κ1) is 20.3. The third-order valence-electron chi connectivity index (χ3n) is 4.51. The molecule has 0 fully saturated rings. The van der Waals surface area contributed by atoms with E-state index in [1.54, 1.807) is 6.92 Å². The number of benzene rings is 2. The van der Waals surface area contributed by atoms with Crippen molar-refractivity contribution in [2.45, 2.75) is 13.8 Å². The van der Waals surface area contributed by atoms with Crippen molar-refractivity contribution in [3.8, 4) is 16.9 Å². The van der Waals surface area contributed by atoms with Gasteiger partial charge in [-0.1, -0.05) is 35.3 Å². The average molecular weight is 417 g/mol. The summed E-state index contributed by atoms with van der Waals surface area (Å²) in [4.78, 5) is 14.8. The third-order valence-corrected chi connectivity index (χ3v) is 5.02. The Kier molecular flexibility index (Phi) is 6.01. The molecule has 0 saturated heterocycles. The van der Waals surface area contributed by atoms with Gasteiger partial charge in [-0.3, -0.25) is 0 Å². The third kappa shape index (κ3) is 3.75. The van der Waals surface area contributed by atoms with Crippen LogP contribution in [0.4, 0.5) is 5.69 Å². The summed E-state index contributed by atoms with van der Waals surface area (Å²) in [6, 6.07) is 15.1. The van der Waals surface area contributed by atoms with Crippen LogP contribution in [-0.4, -0.2) is 31.2 Å². The number of hydrogen-bond acceptors (Lipinski definition) is 3. The Hall–Kier alpha value is -2.43. The van der Waals surface area contributed by atoms with E-state index in [-0.39, 0.29) is 5.97 Å². The summed E-state index contributed by atoms with van der Waals surface area (Å²) < 4.78 is 7.41. The fourth-order valence-corrected chi connectivity index (χ4v) is 3.60. The van der Waals surface area contributed by atoms with Crippen molar-refractivity contribution in [2.75, 3.05) is 25.6 Å². The molecule has 0 bridgehead atoms. The lowest BCUT2D eigenvalue weighted by Gasteiger charge is -2.18. The van der Waals surface area contributed by atoms with Crippen LogP contribution >= 0.6 is 23.2 Å². The number of rotatable bonds is 5. The molecule has 0 spiro atoms. The van der Waals surface area contributed by atoms with Crippen molar-refractivity contribution >= 4 is 34.9 Å². The van der Waals surface area contributed by atoms with Crippen LogP contribution in [0.3, 0.4) is 0 Å². The van der Waals surface area contributed by atoms with E-state index in [0.29, 0.717) is 22.2 Å². The maximum absolute atomic E-state index is 12.8. The predicted molar refractivity (Wildman–Crippen MR) is 116 cm³/mol. The highest BCUT2D eigenvalue weighted by Gasteiger charge is 2.28. The average Bonchev–Trinajstić information content (AvgIpc) is 2.97. The Morgan fingerprint density at radius 3 is 2.04 bits per heavy atom. The van der Waals surface area contributed by atoms with Gasteiger partial charge >= 0.3 is 5.97 Å². The molecular formula is C22H22Cl2N2O2. The maximum atomic E-state index is 12.8. The highest BCUT2D eigenvalue weighted by Crippen LogP contribution is 2.40. The number of nitrogens with zero attached hydrogens (tertiary/aromatic N) is 2. The number of esters is 1. The van der Waals surface area contributed by atoms with E-state index in [4.69, 9.17) is 27.9 Å². The van der Waals surface area contributed by atoms with Crippen LogP contribution in [0, 0.1) is 6.92 Å². The molecule has 0 N–H and O–H groups in total. The standard InChI is InChI=1S/C22H22Cl2N2O2/c1-5-28-22(27)19-14(2)26(18-12-10-17(24)11-13-18)20(21(19)25(3)4)15-6-8-16(23)9-7-15/h6-13H,5H2,1-4H3. The molecule has 1 aromatic heterocycles. The second-order valence-corrected chi connectivity index (χ2v) is 7.46. The number of aromatic nitrogens is 1. The molecular weight excluding hydrogens is 395 g/mol. The quantitative estimate of drug-likeness (QED) is 0.478. The van der Waals surface area contributed by atoms with E-state index < -0.39 is 0 Å². The molecule has 0 atom stereocenters. The zero-order valence-electron chi connectivity index (χ0n) is 16.3. The number of ether oxygens (including phenoxy) is 1. The van der Waals surface area contributed by atoms with Gasteiger partial charge in [0.15, 0.2) is 0 Å². The van der Waals surface area contributed by atoms with Crippen LogP contribution in [0.25, 0.3) is 16.9 Å². The molecule has 0 aliphatic carbocycles. The zero-order valence-corrected chi connectivity index (χ0v) is 17.8. The van der Waals surface area contributed by atoms with Crippen molar-refractivity contribution in [1.82, 2.24) is 4.57 Å². The second-order valence-electron chi connectivity index (χ2n) is 6.59. The summed E-state index contributed by atoms with van der Waals surface area (Å²) >= 11 is 12.2. The summed E-state index contributed by atoms with van der Waals surface area (Å²) in [7, 11) is 3.84. The van der Waals surface area contributed by atoms with Crippen LogP contribution in [0.5, 0.6) is 0 Å². The SMILES string of the molecule is CCOC(=O)c1c(N(C)C)c(-c2ccc(Cl)cc2)n(-c2ccc(Cl)cc2)c1C. The summed E-state index contributed by atoms with van der Waals surface area (Å²) in [5.74, 6) is -0.341. The van der Waals surface area contributed by atoms with E-state index in [2.05, 4.69) is 4.57 Å². The van der Waals surface area contributed by atoms with Crippen molar-refractivity contribution in [2.24, 2.45) is 0 Å². The van der Waals surface area contributed by atoms with Crippen molar-refractivity contribution in [3.63, 3.8) is 0 Å². The van der Waals surface area contributed by atoms with Crippen LogP contribution in [0.2, 0.25) is 10.0 Å². The van der Waals surface area contributed by atoms with Gasteiger partial charge in [-0.15, -0.1) is 0 Å². The summed E-state index contributed by atoms with van der Waals surface area (Å²) in [6.07, 6.45) is 0. The Labute approximate surface area is 175 Å². The fraction of sp³-hybridized carbons (Fsp3) is 0.227. The van der Waals surface area contributed by atoms with Gasteiger partial charge in [0.05, 0.1) is 18.0 Å². The highest BCUT2D eigenvalue weighted by atomic mass is 35.5. The van der Waals surface area contributed by atoms with Crippen LogP contribution in [0.15, 0.2) is 48.5 Å². The van der Waals surface area contributed by atoms with Crippen LogP contribution in [-0.2, 0) is 4.74 Å². The molecule has 1 heterocycles. The van der Waals surface area contributed by atoms with Gasteiger partial charge in [-0.25, -0.2) is 4.79 Å². The second kappa shape index (κ2) is 8.29. The molecule has 28 heavy (non-hydrogen) atoms. The Balaban J connectivity index is 2.38. The molecule has 2 aromatic carbocycles. The zero-order chi connectivity index (χ0) is 20.4. The Morgan fingerprint density at radius 1 is 1.00 bits per heavy atom. The lowest BCUT2D eigenvalue weighted by atomic mass is 10.1. The first-order valence-electron chi connectivity index (χ1n) is 8.96. The number of carbonyl (C=O) groups excluding carboxylic acids is 1. The first-order valence-corrected chi connectivity index (χ1v) is 9.72. The van der Waals surface area contributed by atoms with Crippen LogP contribution in [0.1, 0.15) is 23.0 Å². The Morgan fingerprint density at radius 2 is 1.54 bits per heavy atom. The number of hydrogen-bond donors (Lipinski definition) is 0. The van der Waals surface area contributed by atoms with Crippen molar-refractivity contribution in [1.29, 1.82) is 0 Å². The summed E-state index contributed by atoms with van der Waals surface area (Å²) in [5.41, 5.74) is 4.89. The molecule has 0 radical (unpaired) electrons. The topological polar surface area (TPSA) is 34.5 Å². The highest BCUT2D eigenvalue weighted by molar-refractivity contribution is 6.31. The molecule has 6 heteroatoms. The van der Waals surface area contributed by atoms with E-state index in [9.17, 15) is 4.79 Å². The van der Waals surface area contributed by atoms with E-state index in [0.717, 1.165) is 28.3 Å². The number of carbonyl (C=O) groups is 1. The van der Waals surface area contributed by atoms with Gasteiger partial charge in [-0.05, 0) is 50.2 Å². The van der Waals surface area contributed by atoms with E-state index in [1.165, 1.54) is 0 Å². The Bertz CT molecular complexity index is 991. The smallest absolute Gasteiger partial charge is 0.342 e. The molecule has 0 aliphatic heterocycles. The van der Waals surface area contributed by atoms with Gasteiger partial charge in [0.2, 0.25) is 0 Å². The summed E-state index contributed by atoms with van der Waals surface area (Å²) in [5, 5.41) is 1.31. The molecule has 0 aliphatic rings. The molecule has 0 saturated carbocycles. The molecule has 146 valence electrons. The van der Waals surface area contributed by atoms with Crippen LogP contribution < -0.4 is 4.90 Å². The molecule has 0 amide bonds. The first-order chi connectivity index (χ1) is 13.3.